The molecule has 1 aromatic heterocycles. The van der Waals surface area contributed by atoms with Crippen LogP contribution in [0.2, 0.25) is 5.02 Å². The molecule has 114 valence electrons. The van der Waals surface area contributed by atoms with Gasteiger partial charge in [-0.25, -0.2) is 0 Å². The van der Waals surface area contributed by atoms with Crippen molar-refractivity contribution in [2.45, 2.75) is 20.1 Å². The summed E-state index contributed by atoms with van der Waals surface area (Å²) in [6, 6.07) is 3.80. The van der Waals surface area contributed by atoms with Crippen LogP contribution in [0.1, 0.15) is 12.5 Å². The van der Waals surface area contributed by atoms with E-state index >= 15 is 0 Å². The van der Waals surface area contributed by atoms with Crippen LogP contribution in [0.15, 0.2) is 18.3 Å². The van der Waals surface area contributed by atoms with Crippen molar-refractivity contribution in [2.24, 2.45) is 0 Å². The maximum atomic E-state index is 11.0. The molecule has 1 amide bonds. The Morgan fingerprint density at radius 1 is 1.38 bits per heavy atom. The standard InChI is InChI=1S/C15H19ClN2O3/c1-10(19)17-5-4-11-8-18(9-20-2)14-7-13(16)15(21-3)6-12(11)14/h6-8H,4-5,9H2,1-3H3,(H,17,19). The summed E-state index contributed by atoms with van der Waals surface area (Å²) in [4.78, 5) is 11.0. The Labute approximate surface area is 128 Å². The molecular formula is C15H19ClN2O3. The lowest BCUT2D eigenvalue weighted by Crippen LogP contribution is -2.22. The number of fused-ring (bicyclic) bond motifs is 1. The molecule has 21 heavy (non-hydrogen) atoms. The van der Waals surface area contributed by atoms with Crippen LogP contribution in [-0.2, 0) is 22.7 Å². The third kappa shape index (κ3) is 3.49. The summed E-state index contributed by atoms with van der Waals surface area (Å²) in [6.45, 7) is 2.54. The minimum absolute atomic E-state index is 0.0312. The van der Waals surface area contributed by atoms with Crippen LogP contribution < -0.4 is 10.1 Å². The number of carbonyl (C=O) groups excluding carboxylic acids is 1. The number of aromatic nitrogens is 1. The van der Waals surface area contributed by atoms with Gasteiger partial charge in [-0.15, -0.1) is 0 Å². The third-order valence-corrected chi connectivity index (χ3v) is 3.57. The quantitative estimate of drug-likeness (QED) is 0.892. The average Bonchev–Trinajstić information content (AvgIpc) is 2.75. The lowest BCUT2D eigenvalue weighted by atomic mass is 10.1. The van der Waals surface area contributed by atoms with Gasteiger partial charge in [0.1, 0.15) is 12.5 Å². The second kappa shape index (κ2) is 6.83. The molecule has 0 bridgehead atoms. The normalized spacial score (nSPS) is 10.9. The van der Waals surface area contributed by atoms with E-state index in [0.29, 0.717) is 24.0 Å². The van der Waals surface area contributed by atoms with Crippen LogP contribution in [-0.4, -0.2) is 31.2 Å². The van der Waals surface area contributed by atoms with E-state index in [2.05, 4.69) is 5.32 Å². The van der Waals surface area contributed by atoms with Crippen molar-refractivity contribution in [2.75, 3.05) is 20.8 Å². The number of nitrogens with zero attached hydrogens (tertiary/aromatic N) is 1. The zero-order valence-electron chi connectivity index (χ0n) is 12.4. The van der Waals surface area contributed by atoms with Gasteiger partial charge in [0.25, 0.3) is 0 Å². The topological polar surface area (TPSA) is 52.5 Å². The largest absolute Gasteiger partial charge is 0.495 e. The second-order valence-electron chi connectivity index (χ2n) is 4.78. The summed E-state index contributed by atoms with van der Waals surface area (Å²) in [7, 11) is 3.24. The van der Waals surface area contributed by atoms with Crippen LogP contribution in [0.25, 0.3) is 10.9 Å². The molecule has 0 atom stereocenters. The summed E-state index contributed by atoms with van der Waals surface area (Å²) in [5.74, 6) is 0.608. The van der Waals surface area contributed by atoms with Gasteiger partial charge in [-0.3, -0.25) is 4.79 Å². The van der Waals surface area contributed by atoms with Gasteiger partial charge in [0.05, 0.1) is 17.6 Å². The summed E-state index contributed by atoms with van der Waals surface area (Å²) >= 11 is 6.19. The van der Waals surface area contributed by atoms with Crippen molar-refractivity contribution >= 4 is 28.4 Å². The first-order chi connectivity index (χ1) is 10.1. The second-order valence-corrected chi connectivity index (χ2v) is 5.19. The number of rotatable bonds is 6. The van der Waals surface area contributed by atoms with Crippen molar-refractivity contribution in [1.82, 2.24) is 9.88 Å². The molecule has 0 spiro atoms. The molecule has 0 radical (unpaired) electrons. The number of hydrogen-bond acceptors (Lipinski definition) is 3. The molecular weight excluding hydrogens is 292 g/mol. The van der Waals surface area contributed by atoms with Gasteiger partial charge in [0.15, 0.2) is 0 Å². The highest BCUT2D eigenvalue weighted by Crippen LogP contribution is 2.33. The van der Waals surface area contributed by atoms with Gasteiger partial charge < -0.3 is 19.4 Å². The predicted octanol–water partition coefficient (Wildman–Crippen LogP) is 2.59. The fourth-order valence-electron chi connectivity index (χ4n) is 2.34. The van der Waals surface area contributed by atoms with E-state index in [0.717, 1.165) is 22.9 Å². The van der Waals surface area contributed by atoms with Gasteiger partial charge >= 0.3 is 0 Å². The first-order valence-corrected chi connectivity index (χ1v) is 7.03. The van der Waals surface area contributed by atoms with Crippen molar-refractivity contribution < 1.29 is 14.3 Å². The molecule has 6 heteroatoms. The van der Waals surface area contributed by atoms with E-state index in [1.807, 2.05) is 22.9 Å². The van der Waals surface area contributed by atoms with E-state index in [1.54, 1.807) is 14.2 Å². The minimum atomic E-state index is -0.0312. The van der Waals surface area contributed by atoms with Gasteiger partial charge in [0, 0.05) is 32.2 Å². The fourth-order valence-corrected chi connectivity index (χ4v) is 2.57. The van der Waals surface area contributed by atoms with Crippen LogP contribution >= 0.6 is 11.6 Å². The molecule has 0 aliphatic heterocycles. The number of benzene rings is 1. The Kier molecular flexibility index (Phi) is 5.09. The number of halogens is 1. The average molecular weight is 311 g/mol. The molecule has 2 aromatic rings. The molecule has 2 rings (SSSR count). The Hall–Kier alpha value is -1.72. The lowest BCUT2D eigenvalue weighted by molar-refractivity contribution is -0.118. The molecule has 5 nitrogen and oxygen atoms in total. The Morgan fingerprint density at radius 2 is 2.14 bits per heavy atom. The summed E-state index contributed by atoms with van der Waals surface area (Å²) in [6.07, 6.45) is 2.75. The van der Waals surface area contributed by atoms with Crippen molar-refractivity contribution in [3.05, 3.63) is 28.9 Å². The predicted molar refractivity (Wildman–Crippen MR) is 82.9 cm³/mol. The molecule has 1 heterocycles. The summed E-state index contributed by atoms with van der Waals surface area (Å²) in [5, 5.41) is 4.42. The highest BCUT2D eigenvalue weighted by atomic mass is 35.5. The summed E-state index contributed by atoms with van der Waals surface area (Å²) < 4.78 is 12.5. The Bertz CT molecular complexity index is 652. The molecule has 1 aromatic carbocycles. The minimum Gasteiger partial charge on any atom is -0.495 e. The van der Waals surface area contributed by atoms with Crippen LogP contribution in [0.5, 0.6) is 5.75 Å². The third-order valence-electron chi connectivity index (χ3n) is 3.27. The summed E-state index contributed by atoms with van der Waals surface area (Å²) in [5.41, 5.74) is 2.10. The van der Waals surface area contributed by atoms with Crippen LogP contribution in [0.4, 0.5) is 0 Å². The number of ether oxygens (including phenoxy) is 2. The Morgan fingerprint density at radius 3 is 2.76 bits per heavy atom. The number of carbonyl (C=O) groups is 1. The zero-order chi connectivity index (χ0) is 15.4. The molecule has 0 unspecified atom stereocenters. The molecule has 0 saturated carbocycles. The highest BCUT2D eigenvalue weighted by molar-refractivity contribution is 6.32. The first kappa shape index (κ1) is 15.7. The molecule has 1 N–H and O–H groups in total. The molecule has 0 aliphatic rings. The number of nitrogens with one attached hydrogen (secondary N) is 1. The van der Waals surface area contributed by atoms with E-state index in [9.17, 15) is 4.79 Å². The Balaban J connectivity index is 2.40. The number of methoxy groups -OCH3 is 2. The van der Waals surface area contributed by atoms with Crippen LogP contribution in [0.3, 0.4) is 0 Å². The zero-order valence-corrected chi connectivity index (χ0v) is 13.2. The van der Waals surface area contributed by atoms with Gasteiger partial charge in [-0.05, 0) is 24.1 Å². The SMILES string of the molecule is COCn1cc(CCNC(C)=O)c2cc(OC)c(Cl)cc21. The molecule has 0 aliphatic carbocycles. The fraction of sp³-hybridized carbons (Fsp3) is 0.400. The monoisotopic (exact) mass is 310 g/mol. The van der Waals surface area contributed by atoms with Crippen molar-refractivity contribution in [3.63, 3.8) is 0 Å². The van der Waals surface area contributed by atoms with E-state index in [-0.39, 0.29) is 5.91 Å². The van der Waals surface area contributed by atoms with Gasteiger partial charge in [-0.1, -0.05) is 11.6 Å². The maximum absolute atomic E-state index is 11.0. The van der Waals surface area contributed by atoms with Crippen LogP contribution in [0, 0.1) is 0 Å². The van der Waals surface area contributed by atoms with Crippen molar-refractivity contribution in [1.29, 1.82) is 0 Å². The van der Waals surface area contributed by atoms with Gasteiger partial charge in [0.2, 0.25) is 5.91 Å². The van der Waals surface area contributed by atoms with E-state index in [4.69, 9.17) is 21.1 Å². The maximum Gasteiger partial charge on any atom is 0.216 e. The number of hydrogen-bond donors (Lipinski definition) is 1. The smallest absolute Gasteiger partial charge is 0.216 e. The van der Waals surface area contributed by atoms with Crippen molar-refractivity contribution in [3.8, 4) is 5.75 Å². The number of amides is 1. The van der Waals surface area contributed by atoms with Gasteiger partial charge in [-0.2, -0.15) is 0 Å². The van der Waals surface area contributed by atoms with E-state index in [1.165, 1.54) is 6.92 Å². The molecule has 0 fully saturated rings. The molecule has 0 saturated heterocycles. The highest BCUT2D eigenvalue weighted by Gasteiger charge is 2.12. The lowest BCUT2D eigenvalue weighted by Gasteiger charge is -2.06. The first-order valence-electron chi connectivity index (χ1n) is 6.65. The van der Waals surface area contributed by atoms with E-state index < -0.39 is 0 Å².